The first-order valence-electron chi connectivity index (χ1n) is 9.25. The van der Waals surface area contributed by atoms with Crippen LogP contribution >= 0.6 is 23.2 Å². The molecule has 0 bridgehead atoms. The quantitative estimate of drug-likeness (QED) is 0.519. The van der Waals surface area contributed by atoms with E-state index in [0.717, 1.165) is 23.5 Å². The van der Waals surface area contributed by atoms with E-state index in [1.165, 1.54) is 0 Å². The second-order valence-electron chi connectivity index (χ2n) is 6.50. The number of rotatable bonds is 8. The zero-order valence-electron chi connectivity index (χ0n) is 16.1. The molecule has 3 aromatic carbocycles. The summed E-state index contributed by atoms with van der Waals surface area (Å²) in [5.41, 5.74) is 2.37. The molecule has 0 fully saturated rings. The van der Waals surface area contributed by atoms with Crippen molar-refractivity contribution in [3.05, 3.63) is 94.0 Å². The highest BCUT2D eigenvalue weighted by Gasteiger charge is 2.13. The van der Waals surface area contributed by atoms with E-state index in [1.54, 1.807) is 18.2 Å². The molecule has 0 aromatic heterocycles. The highest BCUT2D eigenvalue weighted by molar-refractivity contribution is 6.43. The van der Waals surface area contributed by atoms with E-state index in [4.69, 9.17) is 27.9 Å². The highest BCUT2D eigenvalue weighted by Crippen LogP contribution is 2.25. The van der Waals surface area contributed by atoms with Gasteiger partial charge in [0.05, 0.1) is 22.2 Å². The average Bonchev–Trinajstić information content (AvgIpc) is 2.75. The van der Waals surface area contributed by atoms with Gasteiger partial charge in [0.15, 0.2) is 0 Å². The number of ether oxygens (including phenoxy) is 1. The van der Waals surface area contributed by atoms with Crippen LogP contribution in [0.1, 0.15) is 15.9 Å². The molecular formula is C23H22Cl2N2O2. The first-order chi connectivity index (χ1) is 14.1. The fourth-order valence-electron chi connectivity index (χ4n) is 2.84. The van der Waals surface area contributed by atoms with Crippen molar-refractivity contribution in [2.45, 2.75) is 6.54 Å². The fourth-order valence-corrected chi connectivity index (χ4v) is 3.23. The maximum Gasteiger partial charge on any atom is 0.253 e. The van der Waals surface area contributed by atoms with Gasteiger partial charge in [0.2, 0.25) is 0 Å². The number of hydrogen-bond acceptors (Lipinski definition) is 3. The van der Waals surface area contributed by atoms with Gasteiger partial charge in [-0.3, -0.25) is 4.79 Å². The van der Waals surface area contributed by atoms with E-state index in [-0.39, 0.29) is 10.9 Å². The van der Waals surface area contributed by atoms with Gasteiger partial charge in [0.25, 0.3) is 5.91 Å². The first-order valence-corrected chi connectivity index (χ1v) is 10.0. The molecule has 0 saturated heterocycles. The molecule has 0 saturated carbocycles. The third kappa shape index (κ3) is 5.66. The van der Waals surface area contributed by atoms with Gasteiger partial charge in [-0.1, -0.05) is 65.7 Å². The van der Waals surface area contributed by atoms with E-state index < -0.39 is 0 Å². The number of carbonyl (C=O) groups is 1. The lowest BCUT2D eigenvalue weighted by Gasteiger charge is -2.20. The molecule has 0 atom stereocenters. The zero-order valence-corrected chi connectivity index (χ0v) is 17.6. The van der Waals surface area contributed by atoms with Crippen LogP contribution in [0.15, 0.2) is 72.8 Å². The minimum absolute atomic E-state index is 0.250. The number of halogens is 2. The molecule has 0 aliphatic carbocycles. The Morgan fingerprint density at radius 1 is 0.966 bits per heavy atom. The van der Waals surface area contributed by atoms with Crippen LogP contribution in [0, 0.1) is 0 Å². The van der Waals surface area contributed by atoms with Crippen LogP contribution in [-0.2, 0) is 6.54 Å². The van der Waals surface area contributed by atoms with Crippen molar-refractivity contribution in [1.82, 2.24) is 5.32 Å². The maximum absolute atomic E-state index is 12.5. The van der Waals surface area contributed by atoms with Crippen LogP contribution in [0.2, 0.25) is 10.0 Å². The van der Waals surface area contributed by atoms with Gasteiger partial charge in [-0.15, -0.1) is 0 Å². The van der Waals surface area contributed by atoms with Crippen LogP contribution in [0.25, 0.3) is 0 Å². The van der Waals surface area contributed by atoms with Crippen molar-refractivity contribution in [3.8, 4) is 5.75 Å². The fraction of sp³-hybridized carbons (Fsp3) is 0.174. The third-order valence-corrected chi connectivity index (χ3v) is 5.31. The number of para-hydroxylation sites is 2. The number of carbonyl (C=O) groups excluding carboxylic acids is 1. The van der Waals surface area contributed by atoms with Crippen molar-refractivity contribution < 1.29 is 9.53 Å². The third-order valence-electron chi connectivity index (χ3n) is 4.49. The summed E-state index contributed by atoms with van der Waals surface area (Å²) in [6.07, 6.45) is 0. The van der Waals surface area contributed by atoms with E-state index in [9.17, 15) is 4.79 Å². The summed E-state index contributed by atoms with van der Waals surface area (Å²) in [5, 5.41) is 3.48. The highest BCUT2D eigenvalue weighted by atomic mass is 35.5. The van der Waals surface area contributed by atoms with Gasteiger partial charge in [-0.25, -0.2) is 0 Å². The van der Waals surface area contributed by atoms with E-state index >= 15 is 0 Å². The van der Waals surface area contributed by atoms with Crippen molar-refractivity contribution in [2.24, 2.45) is 0 Å². The number of nitrogens with zero attached hydrogens (tertiary/aromatic N) is 1. The van der Waals surface area contributed by atoms with Gasteiger partial charge in [0, 0.05) is 24.8 Å². The molecule has 1 amide bonds. The van der Waals surface area contributed by atoms with Crippen LogP contribution in [0.3, 0.4) is 0 Å². The van der Waals surface area contributed by atoms with Crippen molar-refractivity contribution in [2.75, 3.05) is 25.1 Å². The van der Waals surface area contributed by atoms with Gasteiger partial charge >= 0.3 is 0 Å². The van der Waals surface area contributed by atoms with Gasteiger partial charge in [0.1, 0.15) is 12.4 Å². The Bertz CT molecular complexity index is 964. The lowest BCUT2D eigenvalue weighted by atomic mass is 10.1. The van der Waals surface area contributed by atoms with Gasteiger partial charge in [-0.2, -0.15) is 0 Å². The zero-order chi connectivity index (χ0) is 20.6. The van der Waals surface area contributed by atoms with Crippen LogP contribution < -0.4 is 15.0 Å². The second kappa shape index (κ2) is 10.2. The molecule has 1 N–H and O–H groups in total. The summed E-state index contributed by atoms with van der Waals surface area (Å²) in [7, 11) is 2.03. The number of nitrogens with one attached hydrogen (secondary N) is 1. The topological polar surface area (TPSA) is 41.6 Å². The molecule has 0 spiro atoms. The monoisotopic (exact) mass is 428 g/mol. The van der Waals surface area contributed by atoms with E-state index in [0.29, 0.717) is 23.7 Å². The summed E-state index contributed by atoms with van der Waals surface area (Å²) < 4.78 is 5.97. The second-order valence-corrected chi connectivity index (χ2v) is 7.28. The molecule has 150 valence electrons. The maximum atomic E-state index is 12.5. The molecule has 0 aliphatic heterocycles. The molecule has 29 heavy (non-hydrogen) atoms. The largest absolute Gasteiger partial charge is 0.491 e. The Kier molecular flexibility index (Phi) is 7.39. The Morgan fingerprint density at radius 2 is 1.69 bits per heavy atom. The molecule has 3 rings (SSSR count). The van der Waals surface area contributed by atoms with Crippen molar-refractivity contribution in [1.29, 1.82) is 0 Å². The van der Waals surface area contributed by atoms with Gasteiger partial charge in [-0.05, 0) is 30.3 Å². The normalized spacial score (nSPS) is 10.4. The summed E-state index contributed by atoms with van der Waals surface area (Å²) in [6.45, 7) is 1.59. The Labute approximate surface area is 181 Å². The molecular weight excluding hydrogens is 407 g/mol. The molecule has 4 nitrogen and oxygen atoms in total. The number of hydrogen-bond donors (Lipinski definition) is 1. The minimum Gasteiger partial charge on any atom is -0.491 e. The Balaban J connectivity index is 1.57. The minimum atomic E-state index is -0.281. The first kappa shape index (κ1) is 21.0. The summed E-state index contributed by atoms with van der Waals surface area (Å²) in [6, 6.07) is 22.8. The smallest absolute Gasteiger partial charge is 0.253 e. The molecule has 6 heteroatoms. The summed E-state index contributed by atoms with van der Waals surface area (Å²) in [4.78, 5) is 14.6. The lowest BCUT2D eigenvalue weighted by Crippen LogP contribution is -2.25. The number of benzene rings is 3. The number of anilines is 1. The lowest BCUT2D eigenvalue weighted by molar-refractivity contribution is 0.0951. The molecule has 3 aromatic rings. The average molecular weight is 429 g/mol. The summed E-state index contributed by atoms with van der Waals surface area (Å²) in [5.74, 6) is 0.461. The van der Waals surface area contributed by atoms with Gasteiger partial charge < -0.3 is 15.0 Å². The number of likely N-dealkylation sites (N-methyl/N-ethyl adjacent to an activating group) is 1. The SMILES string of the molecule is CN(CCOc1ccccc1CNC(=O)c1cccc(Cl)c1Cl)c1ccccc1. The Hall–Kier alpha value is -2.69. The van der Waals surface area contributed by atoms with E-state index in [1.807, 2.05) is 49.5 Å². The van der Waals surface area contributed by atoms with Crippen LogP contribution in [0.5, 0.6) is 5.75 Å². The predicted octanol–water partition coefficient (Wildman–Crippen LogP) is 5.44. The molecule has 0 radical (unpaired) electrons. The van der Waals surface area contributed by atoms with Crippen LogP contribution in [-0.4, -0.2) is 26.1 Å². The molecule has 0 unspecified atom stereocenters. The van der Waals surface area contributed by atoms with E-state index in [2.05, 4.69) is 22.3 Å². The van der Waals surface area contributed by atoms with Crippen molar-refractivity contribution >= 4 is 34.8 Å². The number of amides is 1. The molecule has 0 heterocycles. The molecule has 0 aliphatic rings. The van der Waals surface area contributed by atoms with Crippen LogP contribution in [0.4, 0.5) is 5.69 Å². The standard InChI is InChI=1S/C23H22Cl2N2O2/c1-27(18-9-3-2-4-10-18)14-15-29-21-13-6-5-8-17(21)16-26-23(28)19-11-7-12-20(24)22(19)25/h2-13H,14-16H2,1H3,(H,26,28). The van der Waals surface area contributed by atoms with Crippen molar-refractivity contribution in [3.63, 3.8) is 0 Å². The summed E-state index contributed by atoms with van der Waals surface area (Å²) >= 11 is 12.1. The predicted molar refractivity (Wildman–Crippen MR) is 119 cm³/mol. The Morgan fingerprint density at radius 3 is 2.48 bits per heavy atom.